The van der Waals surface area contributed by atoms with E-state index in [9.17, 15) is 19.8 Å². The first-order valence-electron chi connectivity index (χ1n) is 6.37. The van der Waals surface area contributed by atoms with E-state index in [2.05, 4.69) is 10.1 Å². The molecule has 0 aromatic carbocycles. The third-order valence-electron chi connectivity index (χ3n) is 3.47. The molecule has 3 rings (SSSR count). The Hall–Kier alpha value is -2.23. The maximum atomic E-state index is 11.9. The lowest BCUT2D eigenvalue weighted by molar-refractivity contribution is -0.0479. The SMILES string of the molecule is O=c1ccn([C@@H]2O[C@H](CO)[C@H](O)[C@H]2n2cccn2)c(=O)[nH]1. The van der Waals surface area contributed by atoms with Crippen molar-refractivity contribution in [1.82, 2.24) is 19.3 Å². The monoisotopic (exact) mass is 294 g/mol. The summed E-state index contributed by atoms with van der Waals surface area (Å²) in [5.74, 6) is 0. The topological polar surface area (TPSA) is 122 Å². The van der Waals surface area contributed by atoms with E-state index < -0.39 is 42.3 Å². The average Bonchev–Trinajstić information content (AvgIpc) is 3.06. The molecule has 0 aliphatic carbocycles. The van der Waals surface area contributed by atoms with Crippen molar-refractivity contribution in [2.75, 3.05) is 6.61 Å². The van der Waals surface area contributed by atoms with Crippen LogP contribution in [-0.2, 0) is 4.74 Å². The summed E-state index contributed by atoms with van der Waals surface area (Å²) in [4.78, 5) is 25.2. The Morgan fingerprint density at radius 3 is 2.81 bits per heavy atom. The van der Waals surface area contributed by atoms with Crippen molar-refractivity contribution in [1.29, 1.82) is 0 Å². The van der Waals surface area contributed by atoms with Crippen LogP contribution in [0.5, 0.6) is 0 Å². The van der Waals surface area contributed by atoms with E-state index in [-0.39, 0.29) is 0 Å². The summed E-state index contributed by atoms with van der Waals surface area (Å²) in [7, 11) is 0. The van der Waals surface area contributed by atoms with Gasteiger partial charge in [-0.15, -0.1) is 0 Å². The van der Waals surface area contributed by atoms with Crippen LogP contribution < -0.4 is 11.2 Å². The summed E-state index contributed by atoms with van der Waals surface area (Å²) >= 11 is 0. The van der Waals surface area contributed by atoms with E-state index in [1.54, 1.807) is 12.3 Å². The summed E-state index contributed by atoms with van der Waals surface area (Å²) in [6.45, 7) is -0.395. The molecule has 3 heterocycles. The number of nitrogens with zero attached hydrogens (tertiary/aromatic N) is 3. The molecule has 2 aromatic rings. The first kappa shape index (κ1) is 13.7. The van der Waals surface area contributed by atoms with Crippen LogP contribution in [0.2, 0.25) is 0 Å². The zero-order chi connectivity index (χ0) is 15.0. The minimum absolute atomic E-state index is 0.395. The number of nitrogens with one attached hydrogen (secondary N) is 1. The second-order valence-corrected chi connectivity index (χ2v) is 4.73. The first-order valence-corrected chi connectivity index (χ1v) is 6.37. The predicted molar refractivity (Wildman–Crippen MR) is 69.6 cm³/mol. The van der Waals surface area contributed by atoms with Crippen LogP contribution in [0.3, 0.4) is 0 Å². The van der Waals surface area contributed by atoms with Crippen LogP contribution in [0.4, 0.5) is 0 Å². The molecule has 4 atom stereocenters. The van der Waals surface area contributed by atoms with Crippen molar-refractivity contribution in [2.45, 2.75) is 24.5 Å². The molecule has 21 heavy (non-hydrogen) atoms. The minimum atomic E-state index is -1.04. The molecule has 0 saturated carbocycles. The highest BCUT2D eigenvalue weighted by molar-refractivity contribution is 4.97. The number of H-pyrrole nitrogens is 1. The molecule has 0 unspecified atom stereocenters. The number of hydrogen-bond acceptors (Lipinski definition) is 6. The van der Waals surface area contributed by atoms with Crippen molar-refractivity contribution in [3.63, 3.8) is 0 Å². The fourth-order valence-corrected chi connectivity index (χ4v) is 2.48. The largest absolute Gasteiger partial charge is 0.394 e. The zero-order valence-electron chi connectivity index (χ0n) is 10.9. The molecule has 0 amide bonds. The lowest BCUT2D eigenvalue weighted by Gasteiger charge is -2.22. The van der Waals surface area contributed by atoms with Gasteiger partial charge in [-0.3, -0.25) is 19.0 Å². The van der Waals surface area contributed by atoms with E-state index in [0.29, 0.717) is 0 Å². The van der Waals surface area contributed by atoms with Gasteiger partial charge in [-0.2, -0.15) is 5.10 Å². The molecular formula is C12H14N4O5. The molecule has 0 spiro atoms. The Kier molecular flexibility index (Phi) is 3.45. The molecule has 112 valence electrons. The van der Waals surface area contributed by atoms with Crippen molar-refractivity contribution >= 4 is 0 Å². The predicted octanol–water partition coefficient (Wildman–Crippen LogP) is -1.77. The molecular weight excluding hydrogens is 280 g/mol. The molecule has 2 aromatic heterocycles. The van der Waals surface area contributed by atoms with Gasteiger partial charge in [-0.05, 0) is 6.07 Å². The first-order chi connectivity index (χ1) is 10.1. The number of aromatic amines is 1. The van der Waals surface area contributed by atoms with Gasteiger partial charge in [-0.25, -0.2) is 4.79 Å². The molecule has 3 N–H and O–H groups in total. The van der Waals surface area contributed by atoms with Gasteiger partial charge < -0.3 is 14.9 Å². The highest BCUT2D eigenvalue weighted by atomic mass is 16.5. The molecule has 1 saturated heterocycles. The van der Waals surface area contributed by atoms with Gasteiger partial charge in [0.2, 0.25) is 0 Å². The Balaban J connectivity index is 2.06. The van der Waals surface area contributed by atoms with Crippen LogP contribution >= 0.6 is 0 Å². The summed E-state index contributed by atoms with van der Waals surface area (Å²) < 4.78 is 8.17. The van der Waals surface area contributed by atoms with Gasteiger partial charge >= 0.3 is 5.69 Å². The molecule has 1 fully saturated rings. The molecule has 0 radical (unpaired) electrons. The van der Waals surface area contributed by atoms with Gasteiger partial charge in [0.25, 0.3) is 5.56 Å². The van der Waals surface area contributed by atoms with Crippen LogP contribution in [0.1, 0.15) is 12.3 Å². The average molecular weight is 294 g/mol. The smallest absolute Gasteiger partial charge is 0.330 e. The Morgan fingerprint density at radius 2 is 2.19 bits per heavy atom. The number of aromatic nitrogens is 4. The standard InChI is InChI=1S/C12H14N4O5/c17-6-7-10(19)9(16-4-1-3-13-16)11(21-7)15-5-2-8(18)14-12(15)20/h1-5,7,9-11,17,19H,6H2,(H,14,18,20)/t7-,9-,10+,11-/m1/s1. The molecule has 1 aliphatic rings. The Morgan fingerprint density at radius 1 is 1.38 bits per heavy atom. The maximum Gasteiger partial charge on any atom is 0.330 e. The van der Waals surface area contributed by atoms with Gasteiger partial charge in [0.1, 0.15) is 18.2 Å². The molecule has 9 nitrogen and oxygen atoms in total. The number of ether oxygens (including phenoxy) is 1. The number of aliphatic hydroxyl groups is 2. The van der Waals surface area contributed by atoms with Crippen LogP contribution in [0.25, 0.3) is 0 Å². The number of aliphatic hydroxyl groups excluding tert-OH is 2. The molecule has 9 heteroatoms. The van der Waals surface area contributed by atoms with Crippen LogP contribution in [0, 0.1) is 0 Å². The van der Waals surface area contributed by atoms with Gasteiger partial charge in [0.05, 0.1) is 6.61 Å². The van der Waals surface area contributed by atoms with Crippen LogP contribution in [-0.4, -0.2) is 48.4 Å². The fourth-order valence-electron chi connectivity index (χ4n) is 2.48. The van der Waals surface area contributed by atoms with E-state index >= 15 is 0 Å². The number of rotatable bonds is 3. The summed E-state index contributed by atoms with van der Waals surface area (Å²) in [5.41, 5.74) is -1.18. The van der Waals surface area contributed by atoms with E-state index in [1.807, 2.05) is 0 Å². The van der Waals surface area contributed by atoms with Crippen LogP contribution in [0.15, 0.2) is 40.3 Å². The summed E-state index contributed by atoms with van der Waals surface area (Å²) in [6.07, 6.45) is 1.67. The summed E-state index contributed by atoms with van der Waals surface area (Å²) in [5, 5.41) is 23.6. The van der Waals surface area contributed by atoms with E-state index in [0.717, 1.165) is 4.57 Å². The molecule has 0 bridgehead atoms. The van der Waals surface area contributed by atoms with Crippen molar-refractivity contribution in [3.05, 3.63) is 51.6 Å². The lowest BCUT2D eigenvalue weighted by atomic mass is 10.1. The third kappa shape index (κ3) is 2.31. The third-order valence-corrected chi connectivity index (χ3v) is 3.47. The Bertz CT molecular complexity index is 722. The van der Waals surface area contributed by atoms with Gasteiger partial charge in [0, 0.05) is 24.7 Å². The zero-order valence-corrected chi connectivity index (χ0v) is 10.9. The second-order valence-electron chi connectivity index (χ2n) is 4.73. The quantitative estimate of drug-likeness (QED) is 0.615. The number of hydrogen-bond donors (Lipinski definition) is 3. The maximum absolute atomic E-state index is 11.9. The highest BCUT2D eigenvalue weighted by Crippen LogP contribution is 2.36. The van der Waals surface area contributed by atoms with E-state index in [4.69, 9.17) is 4.74 Å². The second kappa shape index (κ2) is 5.28. The van der Waals surface area contributed by atoms with Crippen molar-refractivity contribution in [3.8, 4) is 0 Å². The fraction of sp³-hybridized carbons (Fsp3) is 0.417. The van der Waals surface area contributed by atoms with E-state index in [1.165, 1.54) is 23.1 Å². The Labute approximate surface area is 118 Å². The van der Waals surface area contributed by atoms with Gasteiger partial charge in [0.15, 0.2) is 6.23 Å². The summed E-state index contributed by atoms with van der Waals surface area (Å²) in [6, 6.07) is 2.16. The lowest BCUT2D eigenvalue weighted by Crippen LogP contribution is -2.36. The van der Waals surface area contributed by atoms with Gasteiger partial charge in [-0.1, -0.05) is 0 Å². The highest BCUT2D eigenvalue weighted by Gasteiger charge is 2.46. The molecule has 1 aliphatic heterocycles. The minimum Gasteiger partial charge on any atom is -0.394 e. The van der Waals surface area contributed by atoms with Crippen molar-refractivity contribution < 1.29 is 14.9 Å². The van der Waals surface area contributed by atoms with Crippen molar-refractivity contribution in [2.24, 2.45) is 0 Å². The normalized spacial score (nSPS) is 28.9.